The summed E-state index contributed by atoms with van der Waals surface area (Å²) >= 11 is 7.85. The Morgan fingerprint density at radius 1 is 1.36 bits per heavy atom. The molecule has 150 valence electrons. The summed E-state index contributed by atoms with van der Waals surface area (Å²) in [5, 5.41) is 2.13. The van der Waals surface area contributed by atoms with Crippen molar-refractivity contribution >= 4 is 38.9 Å². The predicted octanol–water partition coefficient (Wildman–Crippen LogP) is 3.06. The van der Waals surface area contributed by atoms with Gasteiger partial charge in [-0.25, -0.2) is 13.1 Å². The Morgan fingerprint density at radius 3 is 3.00 bits per heavy atom. The monoisotopic (exact) mass is 440 g/mol. The molecule has 6 nitrogen and oxygen atoms in total. The quantitative estimate of drug-likeness (QED) is 0.775. The second kappa shape index (κ2) is 8.12. The van der Waals surface area contributed by atoms with E-state index in [1.807, 2.05) is 11.4 Å². The van der Waals surface area contributed by atoms with Crippen LogP contribution in [-0.2, 0) is 27.7 Å². The van der Waals surface area contributed by atoms with Crippen molar-refractivity contribution in [3.63, 3.8) is 0 Å². The number of benzene rings is 1. The number of rotatable bonds is 5. The maximum Gasteiger partial charge on any atom is 0.254 e. The summed E-state index contributed by atoms with van der Waals surface area (Å²) in [5.74, 6) is -0.191. The molecule has 1 aromatic carbocycles. The Morgan fingerprint density at radius 2 is 2.21 bits per heavy atom. The summed E-state index contributed by atoms with van der Waals surface area (Å²) < 4.78 is 33.4. The first-order chi connectivity index (χ1) is 13.4. The Balaban J connectivity index is 1.52. The van der Waals surface area contributed by atoms with Gasteiger partial charge in [-0.3, -0.25) is 4.79 Å². The van der Waals surface area contributed by atoms with Crippen molar-refractivity contribution < 1.29 is 17.9 Å². The highest BCUT2D eigenvalue weighted by Crippen LogP contribution is 2.27. The van der Waals surface area contributed by atoms with Gasteiger partial charge in [0.25, 0.3) is 5.91 Å². The average molecular weight is 441 g/mol. The molecular formula is C19H21ClN2O4S2. The van der Waals surface area contributed by atoms with E-state index in [2.05, 4.69) is 4.72 Å². The Kier molecular flexibility index (Phi) is 5.76. The molecule has 4 rings (SSSR count). The van der Waals surface area contributed by atoms with E-state index in [9.17, 15) is 13.2 Å². The van der Waals surface area contributed by atoms with E-state index in [4.69, 9.17) is 16.3 Å². The van der Waals surface area contributed by atoms with Crippen LogP contribution >= 0.6 is 22.9 Å². The van der Waals surface area contributed by atoms with Crippen LogP contribution in [0.25, 0.3) is 0 Å². The minimum absolute atomic E-state index is 0.0776. The molecule has 0 bridgehead atoms. The third-order valence-corrected chi connectivity index (χ3v) is 8.02. The smallest absolute Gasteiger partial charge is 0.254 e. The van der Waals surface area contributed by atoms with Crippen LogP contribution in [0.15, 0.2) is 34.5 Å². The van der Waals surface area contributed by atoms with Gasteiger partial charge >= 0.3 is 0 Å². The van der Waals surface area contributed by atoms with Gasteiger partial charge in [0.2, 0.25) is 10.0 Å². The standard InChI is InChI=1S/C19H21ClN2O4S2/c20-16-4-3-13(19(23)22-7-5-17-14(12-22)6-9-27-17)10-18(16)28(24,25)21-11-15-2-1-8-26-15/h3-4,6,9-10,15,21H,1-2,5,7-8,11-12H2. The first kappa shape index (κ1) is 19.8. The molecule has 1 amide bonds. The molecule has 9 heteroatoms. The van der Waals surface area contributed by atoms with Crippen molar-refractivity contribution in [3.8, 4) is 0 Å². The van der Waals surface area contributed by atoms with Crippen molar-refractivity contribution in [1.82, 2.24) is 9.62 Å². The number of nitrogens with one attached hydrogen (secondary N) is 1. The minimum Gasteiger partial charge on any atom is -0.377 e. The number of amides is 1. The number of carbonyl (C=O) groups is 1. The number of thiophene rings is 1. The van der Waals surface area contributed by atoms with Crippen molar-refractivity contribution in [1.29, 1.82) is 0 Å². The first-order valence-electron chi connectivity index (χ1n) is 9.19. The topological polar surface area (TPSA) is 75.7 Å². The third kappa shape index (κ3) is 4.11. The van der Waals surface area contributed by atoms with E-state index < -0.39 is 10.0 Å². The number of sulfonamides is 1. The number of halogens is 1. The molecular weight excluding hydrogens is 420 g/mol. The van der Waals surface area contributed by atoms with Gasteiger partial charge in [0, 0.05) is 36.7 Å². The fraction of sp³-hybridized carbons (Fsp3) is 0.421. The molecule has 0 aliphatic carbocycles. The van der Waals surface area contributed by atoms with E-state index in [0.717, 1.165) is 24.8 Å². The number of nitrogens with zero attached hydrogens (tertiary/aromatic N) is 1. The molecule has 0 saturated carbocycles. The Hall–Kier alpha value is -1.45. The molecule has 0 spiro atoms. The van der Waals surface area contributed by atoms with Gasteiger partial charge in [0.15, 0.2) is 0 Å². The van der Waals surface area contributed by atoms with Crippen LogP contribution < -0.4 is 4.72 Å². The summed E-state index contributed by atoms with van der Waals surface area (Å²) in [7, 11) is -3.84. The highest BCUT2D eigenvalue weighted by atomic mass is 35.5. The molecule has 1 atom stereocenters. The lowest BCUT2D eigenvalue weighted by molar-refractivity contribution is 0.0735. The van der Waals surface area contributed by atoms with Crippen molar-refractivity contribution in [3.05, 3.63) is 50.7 Å². The molecule has 2 aliphatic heterocycles. The van der Waals surface area contributed by atoms with Crippen molar-refractivity contribution in [2.75, 3.05) is 19.7 Å². The molecule has 1 fully saturated rings. The Bertz CT molecular complexity index is 984. The van der Waals surface area contributed by atoms with Crippen LogP contribution in [0.5, 0.6) is 0 Å². The second-order valence-electron chi connectivity index (χ2n) is 6.98. The SMILES string of the molecule is O=C(c1ccc(Cl)c(S(=O)(=O)NCC2CCCO2)c1)N1CCc2sccc2C1. The van der Waals surface area contributed by atoms with Crippen LogP contribution in [0.2, 0.25) is 5.02 Å². The van der Waals surface area contributed by atoms with Crippen LogP contribution in [0.3, 0.4) is 0 Å². The van der Waals surface area contributed by atoms with Crippen molar-refractivity contribution in [2.24, 2.45) is 0 Å². The summed E-state index contributed by atoms with van der Waals surface area (Å²) in [6.07, 6.45) is 2.46. The summed E-state index contributed by atoms with van der Waals surface area (Å²) in [4.78, 5) is 15.9. The van der Waals surface area contributed by atoms with Gasteiger partial charge in [-0.15, -0.1) is 11.3 Å². The Labute approximate surface area is 173 Å². The molecule has 1 aromatic heterocycles. The third-order valence-electron chi connectivity index (χ3n) is 5.09. The van der Waals surface area contributed by atoms with Gasteiger partial charge in [-0.1, -0.05) is 11.6 Å². The highest BCUT2D eigenvalue weighted by Gasteiger charge is 2.26. The number of hydrogen-bond donors (Lipinski definition) is 1. The molecule has 1 N–H and O–H groups in total. The normalized spacial score (nSPS) is 19.6. The summed E-state index contributed by atoms with van der Waals surface area (Å²) in [6, 6.07) is 6.44. The molecule has 3 heterocycles. The molecule has 1 unspecified atom stereocenters. The second-order valence-corrected chi connectivity index (χ2v) is 10.1. The molecule has 1 saturated heterocycles. The van der Waals surface area contributed by atoms with Crippen LogP contribution in [0.4, 0.5) is 0 Å². The summed E-state index contributed by atoms with van der Waals surface area (Å²) in [6.45, 7) is 2.01. The minimum atomic E-state index is -3.84. The summed E-state index contributed by atoms with van der Waals surface area (Å²) in [5.41, 5.74) is 1.48. The fourth-order valence-corrected chi connectivity index (χ4v) is 6.01. The van der Waals surface area contributed by atoms with Gasteiger partial charge in [-0.05, 0) is 54.5 Å². The maximum absolute atomic E-state index is 12.9. The number of carbonyl (C=O) groups excluding carboxylic acids is 1. The van der Waals surface area contributed by atoms with Crippen LogP contribution in [0.1, 0.15) is 33.6 Å². The van der Waals surface area contributed by atoms with E-state index in [0.29, 0.717) is 25.3 Å². The lowest BCUT2D eigenvalue weighted by Crippen LogP contribution is -2.35. The number of ether oxygens (including phenoxy) is 1. The highest BCUT2D eigenvalue weighted by molar-refractivity contribution is 7.89. The average Bonchev–Trinajstić information content (AvgIpc) is 3.37. The molecule has 28 heavy (non-hydrogen) atoms. The van der Waals surface area contributed by atoms with Gasteiger partial charge in [0.05, 0.1) is 11.1 Å². The number of fused-ring (bicyclic) bond motifs is 1. The zero-order valence-electron chi connectivity index (χ0n) is 15.2. The van der Waals surface area contributed by atoms with E-state index in [1.54, 1.807) is 22.3 Å². The predicted molar refractivity (Wildman–Crippen MR) is 108 cm³/mol. The van der Waals surface area contributed by atoms with Gasteiger partial charge < -0.3 is 9.64 Å². The fourth-order valence-electron chi connectivity index (χ4n) is 3.53. The van der Waals surface area contributed by atoms with E-state index in [-0.39, 0.29) is 28.5 Å². The lowest BCUT2D eigenvalue weighted by Gasteiger charge is -2.27. The van der Waals surface area contributed by atoms with Gasteiger partial charge in [-0.2, -0.15) is 0 Å². The van der Waals surface area contributed by atoms with Crippen LogP contribution in [0, 0.1) is 0 Å². The largest absolute Gasteiger partial charge is 0.377 e. The molecule has 2 aliphatic rings. The van der Waals surface area contributed by atoms with E-state index in [1.165, 1.54) is 17.0 Å². The van der Waals surface area contributed by atoms with E-state index >= 15 is 0 Å². The lowest BCUT2D eigenvalue weighted by atomic mass is 10.1. The zero-order chi connectivity index (χ0) is 19.7. The van der Waals surface area contributed by atoms with Crippen LogP contribution in [-0.4, -0.2) is 45.0 Å². The maximum atomic E-state index is 12.9. The molecule has 0 radical (unpaired) electrons. The van der Waals surface area contributed by atoms with Gasteiger partial charge in [0.1, 0.15) is 4.90 Å². The number of hydrogen-bond acceptors (Lipinski definition) is 5. The van der Waals surface area contributed by atoms with Crippen molar-refractivity contribution in [2.45, 2.75) is 36.8 Å². The molecule has 2 aromatic rings. The first-order valence-corrected chi connectivity index (χ1v) is 11.9. The zero-order valence-corrected chi connectivity index (χ0v) is 17.6.